The van der Waals surface area contributed by atoms with E-state index < -0.39 is 0 Å². The quantitative estimate of drug-likeness (QED) is 0.768. The molecule has 0 aromatic carbocycles. The number of anilines is 1. The molecule has 1 aromatic heterocycles. The number of halogens is 1. The summed E-state index contributed by atoms with van der Waals surface area (Å²) in [4.78, 5) is 6.92. The summed E-state index contributed by atoms with van der Waals surface area (Å²) in [7, 11) is 0. The van der Waals surface area contributed by atoms with Gasteiger partial charge in [0, 0.05) is 36.9 Å². The number of rotatable bonds is 5. The van der Waals surface area contributed by atoms with Crippen LogP contribution in [0.2, 0.25) is 0 Å². The fourth-order valence-electron chi connectivity index (χ4n) is 2.04. The van der Waals surface area contributed by atoms with Gasteiger partial charge in [0.2, 0.25) is 5.95 Å². The lowest BCUT2D eigenvalue weighted by Gasteiger charge is -2.38. The highest BCUT2D eigenvalue weighted by Gasteiger charge is 2.26. The summed E-state index contributed by atoms with van der Waals surface area (Å²) in [5.74, 6) is 1.14. The summed E-state index contributed by atoms with van der Waals surface area (Å²) in [5, 5.41) is 1.01. The second kappa shape index (κ2) is 5.01. The first-order chi connectivity index (χ1) is 7.36. The van der Waals surface area contributed by atoms with E-state index in [0.29, 0.717) is 0 Å². The molecule has 3 nitrogen and oxygen atoms in total. The molecular formula is C11H18BrN3. The maximum Gasteiger partial charge on any atom is 0.205 e. The van der Waals surface area contributed by atoms with Gasteiger partial charge in [0.15, 0.2) is 0 Å². The van der Waals surface area contributed by atoms with Crippen LogP contribution in [0.5, 0.6) is 0 Å². The van der Waals surface area contributed by atoms with E-state index >= 15 is 0 Å². The first kappa shape index (κ1) is 11.0. The smallest absolute Gasteiger partial charge is 0.205 e. The molecular weight excluding hydrogens is 254 g/mol. The van der Waals surface area contributed by atoms with Gasteiger partial charge in [-0.15, -0.1) is 0 Å². The third-order valence-corrected chi connectivity index (χ3v) is 3.49. The van der Waals surface area contributed by atoms with Crippen molar-refractivity contribution in [3.8, 4) is 0 Å². The molecule has 0 unspecified atom stereocenters. The van der Waals surface area contributed by atoms with Gasteiger partial charge < -0.3 is 9.47 Å². The highest BCUT2D eigenvalue weighted by atomic mass is 79.9. The Morgan fingerprint density at radius 1 is 1.60 bits per heavy atom. The van der Waals surface area contributed by atoms with Crippen molar-refractivity contribution in [2.75, 3.05) is 16.8 Å². The van der Waals surface area contributed by atoms with Crippen LogP contribution in [0.3, 0.4) is 0 Å². The SMILES string of the molecule is CCn1ccnc1N(CCBr)C1CCC1. The van der Waals surface area contributed by atoms with E-state index in [9.17, 15) is 0 Å². The van der Waals surface area contributed by atoms with Crippen molar-refractivity contribution >= 4 is 21.9 Å². The van der Waals surface area contributed by atoms with E-state index in [0.717, 1.165) is 30.4 Å². The second-order valence-electron chi connectivity index (χ2n) is 3.98. The average molecular weight is 272 g/mol. The van der Waals surface area contributed by atoms with Gasteiger partial charge in [-0.05, 0) is 26.2 Å². The Kier molecular flexibility index (Phi) is 3.67. The maximum atomic E-state index is 4.48. The Labute approximate surface area is 99.6 Å². The summed E-state index contributed by atoms with van der Waals surface area (Å²) in [6.45, 7) is 4.22. The lowest BCUT2D eigenvalue weighted by Crippen LogP contribution is -2.42. The molecule has 1 aliphatic rings. The van der Waals surface area contributed by atoms with Crippen molar-refractivity contribution in [3.05, 3.63) is 12.4 Å². The van der Waals surface area contributed by atoms with Gasteiger partial charge in [-0.3, -0.25) is 0 Å². The zero-order valence-corrected chi connectivity index (χ0v) is 10.8. The number of hydrogen-bond acceptors (Lipinski definition) is 2. The minimum Gasteiger partial charge on any atom is -0.338 e. The Hall–Kier alpha value is -0.510. The van der Waals surface area contributed by atoms with Gasteiger partial charge in [0.1, 0.15) is 0 Å². The average Bonchev–Trinajstić information content (AvgIpc) is 2.61. The molecule has 1 saturated carbocycles. The summed E-state index contributed by atoms with van der Waals surface area (Å²) >= 11 is 3.52. The predicted molar refractivity (Wildman–Crippen MR) is 66.7 cm³/mol. The van der Waals surface area contributed by atoms with Crippen molar-refractivity contribution in [3.63, 3.8) is 0 Å². The van der Waals surface area contributed by atoms with Crippen molar-refractivity contribution in [2.45, 2.75) is 38.8 Å². The van der Waals surface area contributed by atoms with Gasteiger partial charge in [-0.25, -0.2) is 4.98 Å². The highest BCUT2D eigenvalue weighted by Crippen LogP contribution is 2.28. The number of hydrogen-bond donors (Lipinski definition) is 0. The predicted octanol–water partition coefficient (Wildman–Crippen LogP) is 2.66. The van der Waals surface area contributed by atoms with E-state index in [1.54, 1.807) is 0 Å². The Balaban J connectivity index is 2.15. The third-order valence-electron chi connectivity index (χ3n) is 3.13. The third kappa shape index (κ3) is 2.19. The fraction of sp³-hybridized carbons (Fsp3) is 0.727. The molecule has 0 amide bonds. The van der Waals surface area contributed by atoms with Gasteiger partial charge in [0.25, 0.3) is 0 Å². The first-order valence-electron chi connectivity index (χ1n) is 5.70. The summed E-state index contributed by atoms with van der Waals surface area (Å²) in [5.41, 5.74) is 0. The van der Waals surface area contributed by atoms with Gasteiger partial charge in [-0.2, -0.15) is 0 Å². The molecule has 0 spiro atoms. The Morgan fingerprint density at radius 3 is 2.93 bits per heavy atom. The normalized spacial score (nSPS) is 16.4. The van der Waals surface area contributed by atoms with Crippen molar-refractivity contribution in [1.29, 1.82) is 0 Å². The molecule has 1 heterocycles. The lowest BCUT2D eigenvalue weighted by atomic mass is 9.92. The second-order valence-corrected chi connectivity index (χ2v) is 4.77. The van der Waals surface area contributed by atoms with Gasteiger partial charge in [-0.1, -0.05) is 15.9 Å². The topological polar surface area (TPSA) is 21.1 Å². The Morgan fingerprint density at radius 2 is 2.40 bits per heavy atom. The molecule has 1 aromatic rings. The van der Waals surface area contributed by atoms with Crippen LogP contribution in [0.15, 0.2) is 12.4 Å². The standard InChI is InChI=1S/C11H18BrN3/c1-2-14-9-7-13-11(14)15(8-6-12)10-4-3-5-10/h7,9-10H,2-6,8H2,1H3. The molecule has 0 radical (unpaired) electrons. The van der Waals surface area contributed by atoms with Crippen LogP contribution in [0, 0.1) is 0 Å². The van der Waals surface area contributed by atoms with Gasteiger partial charge >= 0.3 is 0 Å². The molecule has 0 saturated heterocycles. The monoisotopic (exact) mass is 271 g/mol. The molecule has 1 fully saturated rings. The Bertz CT molecular complexity index is 307. The number of aryl methyl sites for hydroxylation is 1. The van der Waals surface area contributed by atoms with Crippen molar-refractivity contribution in [1.82, 2.24) is 9.55 Å². The molecule has 84 valence electrons. The van der Waals surface area contributed by atoms with Crippen LogP contribution >= 0.6 is 15.9 Å². The summed E-state index contributed by atoms with van der Waals surface area (Å²) < 4.78 is 2.22. The maximum absolute atomic E-state index is 4.48. The zero-order valence-electron chi connectivity index (χ0n) is 9.19. The molecule has 0 bridgehead atoms. The fourth-order valence-corrected chi connectivity index (χ4v) is 2.42. The van der Waals surface area contributed by atoms with Crippen LogP contribution in [0.25, 0.3) is 0 Å². The van der Waals surface area contributed by atoms with E-state index in [-0.39, 0.29) is 0 Å². The van der Waals surface area contributed by atoms with Crippen molar-refractivity contribution < 1.29 is 0 Å². The van der Waals surface area contributed by atoms with Crippen LogP contribution in [0.1, 0.15) is 26.2 Å². The summed E-state index contributed by atoms with van der Waals surface area (Å²) in [6, 6.07) is 0.718. The molecule has 0 aliphatic heterocycles. The zero-order chi connectivity index (χ0) is 10.7. The van der Waals surface area contributed by atoms with Crippen LogP contribution < -0.4 is 4.90 Å². The molecule has 4 heteroatoms. The van der Waals surface area contributed by atoms with E-state index in [1.807, 2.05) is 6.20 Å². The highest BCUT2D eigenvalue weighted by molar-refractivity contribution is 9.09. The largest absolute Gasteiger partial charge is 0.338 e. The first-order valence-corrected chi connectivity index (χ1v) is 6.82. The van der Waals surface area contributed by atoms with Crippen molar-refractivity contribution in [2.24, 2.45) is 0 Å². The number of imidazole rings is 1. The molecule has 0 atom stereocenters. The van der Waals surface area contributed by atoms with Crippen LogP contribution in [-0.4, -0.2) is 27.5 Å². The molecule has 15 heavy (non-hydrogen) atoms. The van der Waals surface area contributed by atoms with Gasteiger partial charge in [0.05, 0.1) is 0 Å². The number of alkyl halides is 1. The van der Waals surface area contributed by atoms with E-state index in [4.69, 9.17) is 0 Å². The minimum absolute atomic E-state index is 0.718. The van der Waals surface area contributed by atoms with Crippen LogP contribution in [0.4, 0.5) is 5.95 Å². The number of aromatic nitrogens is 2. The summed E-state index contributed by atoms with van der Waals surface area (Å²) in [6.07, 6.45) is 7.98. The lowest BCUT2D eigenvalue weighted by molar-refractivity contribution is 0.384. The molecule has 1 aliphatic carbocycles. The van der Waals surface area contributed by atoms with Crippen LogP contribution in [-0.2, 0) is 6.54 Å². The van der Waals surface area contributed by atoms with E-state index in [2.05, 4.69) is 43.5 Å². The molecule has 2 rings (SSSR count). The molecule has 0 N–H and O–H groups in total. The van der Waals surface area contributed by atoms with E-state index in [1.165, 1.54) is 19.3 Å². The number of nitrogens with zero attached hydrogens (tertiary/aromatic N) is 3. The minimum atomic E-state index is 0.718.